The van der Waals surface area contributed by atoms with Crippen LogP contribution in [0.1, 0.15) is 12.3 Å². The molecule has 164 valence electrons. The number of oxazole rings is 1. The van der Waals surface area contributed by atoms with Gasteiger partial charge >= 0.3 is 0 Å². The van der Waals surface area contributed by atoms with Gasteiger partial charge in [0.1, 0.15) is 10.0 Å². The third kappa shape index (κ3) is 5.04. The summed E-state index contributed by atoms with van der Waals surface area (Å²) in [6.45, 7) is 0. The van der Waals surface area contributed by atoms with E-state index in [2.05, 4.69) is 15.0 Å². The second kappa shape index (κ2) is 9.33. The predicted octanol–water partition coefficient (Wildman–Crippen LogP) is 4.91. The molecule has 32 heavy (non-hydrogen) atoms. The summed E-state index contributed by atoms with van der Waals surface area (Å²) >= 11 is 1.10. The lowest BCUT2D eigenvalue weighted by atomic mass is 10.2. The summed E-state index contributed by atoms with van der Waals surface area (Å²) < 4.78 is 47.1. The largest absolute Gasteiger partial charge is 0.441 e. The number of sulfonamides is 1. The number of aryl methyl sites for hydroxylation is 1. The highest BCUT2D eigenvalue weighted by Crippen LogP contribution is 2.27. The average Bonchev–Trinajstić information content (AvgIpc) is 3.47. The Kier molecular flexibility index (Phi) is 6.33. The van der Waals surface area contributed by atoms with Crippen molar-refractivity contribution in [2.45, 2.75) is 17.1 Å². The van der Waals surface area contributed by atoms with Crippen molar-refractivity contribution < 1.29 is 22.0 Å². The lowest BCUT2D eigenvalue weighted by Crippen LogP contribution is -2.16. The molecule has 7 nitrogen and oxygen atoms in total. The minimum Gasteiger partial charge on any atom is -0.441 e. The van der Waals surface area contributed by atoms with Gasteiger partial charge in [-0.2, -0.15) is 0 Å². The molecule has 4 aromatic rings. The molecule has 10 heteroatoms. The summed E-state index contributed by atoms with van der Waals surface area (Å²) in [5.74, 6) is -0.190. The van der Waals surface area contributed by atoms with Gasteiger partial charge in [0.2, 0.25) is 5.91 Å². The Morgan fingerprint density at radius 3 is 2.53 bits per heavy atom. The molecule has 2 aromatic heterocycles. The SMILES string of the molecule is O=C(CCc1ncc(-c2ccccc2F)o1)Nc1ccccc1NS(=O)(=O)c1cccs1. The van der Waals surface area contributed by atoms with Crippen molar-refractivity contribution in [3.63, 3.8) is 0 Å². The summed E-state index contributed by atoms with van der Waals surface area (Å²) in [6, 6.07) is 15.9. The van der Waals surface area contributed by atoms with Crippen molar-refractivity contribution in [1.29, 1.82) is 0 Å². The molecule has 0 spiro atoms. The molecule has 1 amide bonds. The van der Waals surface area contributed by atoms with Crippen molar-refractivity contribution in [3.8, 4) is 11.3 Å². The smallest absolute Gasteiger partial charge is 0.271 e. The number of rotatable bonds is 8. The van der Waals surface area contributed by atoms with E-state index in [0.717, 1.165) is 11.3 Å². The van der Waals surface area contributed by atoms with Gasteiger partial charge in [-0.05, 0) is 35.7 Å². The van der Waals surface area contributed by atoms with E-state index in [1.807, 2.05) is 0 Å². The van der Waals surface area contributed by atoms with Gasteiger partial charge in [-0.15, -0.1) is 11.3 Å². The first kappa shape index (κ1) is 21.7. The predicted molar refractivity (Wildman–Crippen MR) is 120 cm³/mol. The van der Waals surface area contributed by atoms with Crippen LogP contribution in [0.15, 0.2) is 80.9 Å². The van der Waals surface area contributed by atoms with Gasteiger partial charge in [-0.3, -0.25) is 9.52 Å². The topological polar surface area (TPSA) is 101 Å². The van der Waals surface area contributed by atoms with Gasteiger partial charge in [0.05, 0.1) is 23.1 Å². The molecule has 0 unspecified atom stereocenters. The molecule has 0 radical (unpaired) electrons. The van der Waals surface area contributed by atoms with Gasteiger partial charge in [-0.1, -0.05) is 30.3 Å². The molecule has 0 aliphatic carbocycles. The number of thiophene rings is 1. The van der Waals surface area contributed by atoms with Crippen LogP contribution in [-0.2, 0) is 21.2 Å². The normalized spacial score (nSPS) is 11.3. The Hall–Kier alpha value is -3.50. The van der Waals surface area contributed by atoms with Crippen molar-refractivity contribution in [2.75, 3.05) is 10.0 Å². The lowest BCUT2D eigenvalue weighted by Gasteiger charge is -2.12. The van der Waals surface area contributed by atoms with Crippen LogP contribution in [0.4, 0.5) is 15.8 Å². The second-order valence-corrected chi connectivity index (χ2v) is 9.59. The summed E-state index contributed by atoms with van der Waals surface area (Å²) in [6.07, 6.45) is 1.66. The van der Waals surface area contributed by atoms with Gasteiger partial charge in [0.25, 0.3) is 10.0 Å². The molecule has 0 saturated heterocycles. The molecule has 0 fully saturated rings. The first-order valence-corrected chi connectivity index (χ1v) is 11.9. The van der Waals surface area contributed by atoms with E-state index in [1.54, 1.807) is 53.9 Å². The Morgan fingerprint density at radius 2 is 1.78 bits per heavy atom. The third-order valence-corrected chi connectivity index (χ3v) is 7.23. The number of amides is 1. The number of nitrogens with zero attached hydrogens (tertiary/aromatic N) is 1. The number of hydrogen-bond donors (Lipinski definition) is 2. The highest BCUT2D eigenvalue weighted by atomic mass is 32.2. The zero-order valence-electron chi connectivity index (χ0n) is 16.6. The fourth-order valence-electron chi connectivity index (χ4n) is 2.94. The highest BCUT2D eigenvalue weighted by molar-refractivity contribution is 7.94. The molecule has 0 saturated carbocycles. The molecule has 0 aliphatic rings. The van der Waals surface area contributed by atoms with Crippen LogP contribution in [-0.4, -0.2) is 19.3 Å². The lowest BCUT2D eigenvalue weighted by molar-refractivity contribution is -0.116. The zero-order valence-corrected chi connectivity index (χ0v) is 18.3. The number of benzene rings is 2. The maximum absolute atomic E-state index is 13.9. The number of hydrogen-bond acceptors (Lipinski definition) is 6. The van der Waals surface area contributed by atoms with Gasteiger partial charge in [0.15, 0.2) is 11.7 Å². The maximum Gasteiger partial charge on any atom is 0.271 e. The van der Waals surface area contributed by atoms with E-state index >= 15 is 0 Å². The molecular weight excluding hydrogens is 453 g/mol. The third-order valence-electron chi connectivity index (χ3n) is 4.46. The second-order valence-electron chi connectivity index (χ2n) is 6.73. The average molecular weight is 472 g/mol. The fraction of sp³-hybridized carbons (Fsp3) is 0.0909. The number of anilines is 2. The number of halogens is 1. The summed E-state index contributed by atoms with van der Waals surface area (Å²) in [5.41, 5.74) is 0.881. The Bertz CT molecular complexity index is 1330. The Labute approximate surface area is 188 Å². The minimum absolute atomic E-state index is 0.0449. The van der Waals surface area contributed by atoms with Crippen LogP contribution in [0.2, 0.25) is 0 Å². The first-order chi connectivity index (χ1) is 15.4. The van der Waals surface area contributed by atoms with E-state index in [-0.39, 0.29) is 34.4 Å². The van der Waals surface area contributed by atoms with Crippen molar-refractivity contribution in [1.82, 2.24) is 4.98 Å². The number of carbonyl (C=O) groups is 1. The first-order valence-electron chi connectivity index (χ1n) is 9.57. The Morgan fingerprint density at radius 1 is 1.03 bits per heavy atom. The molecule has 4 rings (SSSR count). The molecule has 2 N–H and O–H groups in total. The van der Waals surface area contributed by atoms with E-state index in [9.17, 15) is 17.6 Å². The van der Waals surface area contributed by atoms with E-state index in [0.29, 0.717) is 17.1 Å². The zero-order chi connectivity index (χ0) is 22.6. The van der Waals surface area contributed by atoms with Gasteiger partial charge in [-0.25, -0.2) is 17.8 Å². The molecule has 0 bridgehead atoms. The van der Waals surface area contributed by atoms with Crippen LogP contribution in [0.3, 0.4) is 0 Å². The standard InChI is InChI=1S/C22H18FN3O4S2/c23-16-7-2-1-6-15(16)19-14-24-21(30-19)12-11-20(27)25-17-8-3-4-9-18(17)26-32(28,29)22-10-5-13-31-22/h1-10,13-14,26H,11-12H2,(H,25,27). The number of para-hydroxylation sites is 2. The van der Waals surface area contributed by atoms with Crippen LogP contribution in [0.25, 0.3) is 11.3 Å². The van der Waals surface area contributed by atoms with Gasteiger partial charge < -0.3 is 9.73 Å². The van der Waals surface area contributed by atoms with Crippen LogP contribution in [0, 0.1) is 5.82 Å². The summed E-state index contributed by atoms with van der Waals surface area (Å²) in [5, 5.41) is 4.37. The monoisotopic (exact) mass is 471 g/mol. The molecule has 0 atom stereocenters. The van der Waals surface area contributed by atoms with Crippen LogP contribution in [0.5, 0.6) is 0 Å². The molecular formula is C22H18FN3O4S2. The maximum atomic E-state index is 13.9. The van der Waals surface area contributed by atoms with Crippen molar-refractivity contribution in [2.24, 2.45) is 0 Å². The number of carbonyl (C=O) groups excluding carboxylic acids is 1. The fourth-order valence-corrected chi connectivity index (χ4v) is 5.01. The molecule has 2 heterocycles. The molecule has 2 aromatic carbocycles. The van der Waals surface area contributed by atoms with Crippen LogP contribution >= 0.6 is 11.3 Å². The van der Waals surface area contributed by atoms with Crippen molar-refractivity contribution >= 4 is 38.6 Å². The Balaban J connectivity index is 1.40. The van der Waals surface area contributed by atoms with E-state index < -0.39 is 15.8 Å². The minimum atomic E-state index is -3.75. The van der Waals surface area contributed by atoms with Crippen LogP contribution < -0.4 is 10.0 Å². The summed E-state index contributed by atoms with van der Waals surface area (Å²) in [4.78, 5) is 16.6. The number of nitrogens with one attached hydrogen (secondary N) is 2. The van der Waals surface area contributed by atoms with E-state index in [1.165, 1.54) is 18.3 Å². The van der Waals surface area contributed by atoms with E-state index in [4.69, 9.17) is 4.42 Å². The highest BCUT2D eigenvalue weighted by Gasteiger charge is 2.18. The van der Waals surface area contributed by atoms with Gasteiger partial charge in [0, 0.05) is 12.8 Å². The summed E-state index contributed by atoms with van der Waals surface area (Å²) in [7, 11) is -3.75. The molecule has 0 aliphatic heterocycles. The quantitative estimate of drug-likeness (QED) is 0.380. The van der Waals surface area contributed by atoms with Crippen molar-refractivity contribution in [3.05, 3.63) is 83.9 Å². The number of aromatic nitrogens is 1.